The van der Waals surface area contributed by atoms with Crippen LogP contribution in [0.3, 0.4) is 0 Å². The van der Waals surface area contributed by atoms with E-state index in [1.54, 1.807) is 7.11 Å². The van der Waals surface area contributed by atoms with E-state index in [2.05, 4.69) is 27.1 Å². The smallest absolute Gasteiger partial charge is 0.268 e. The number of nitrogens with one attached hydrogen (secondary N) is 1. The summed E-state index contributed by atoms with van der Waals surface area (Å²) in [7, 11) is 1.64. The van der Waals surface area contributed by atoms with E-state index in [0.29, 0.717) is 16.3 Å². The second-order valence-corrected chi connectivity index (χ2v) is 7.57. The van der Waals surface area contributed by atoms with Crippen LogP contribution in [0.25, 0.3) is 21.6 Å². The SMILES string of the molecule is CCn1c(SCc2nc3ccsc3c(=O)[nH]2)nnc1-c1ccc(OC)cc1. The summed E-state index contributed by atoms with van der Waals surface area (Å²) in [6, 6.07) is 9.60. The number of hydrogen-bond donors (Lipinski definition) is 1. The summed E-state index contributed by atoms with van der Waals surface area (Å²) in [6.45, 7) is 2.79. The van der Waals surface area contributed by atoms with E-state index in [1.807, 2.05) is 40.3 Å². The van der Waals surface area contributed by atoms with Gasteiger partial charge in [-0.2, -0.15) is 0 Å². The molecular weight excluding hydrogens is 382 g/mol. The lowest BCUT2D eigenvalue weighted by atomic mass is 10.2. The predicted octanol–water partition coefficient (Wildman–Crippen LogP) is 3.56. The summed E-state index contributed by atoms with van der Waals surface area (Å²) in [5, 5.41) is 11.3. The van der Waals surface area contributed by atoms with Crippen molar-refractivity contribution >= 4 is 33.3 Å². The van der Waals surface area contributed by atoms with E-state index < -0.39 is 0 Å². The highest BCUT2D eigenvalue weighted by molar-refractivity contribution is 7.98. The molecule has 9 heteroatoms. The summed E-state index contributed by atoms with van der Waals surface area (Å²) in [5.74, 6) is 2.75. The Morgan fingerprint density at radius 1 is 1.22 bits per heavy atom. The van der Waals surface area contributed by atoms with Crippen LogP contribution in [0, 0.1) is 0 Å². The van der Waals surface area contributed by atoms with E-state index in [-0.39, 0.29) is 5.56 Å². The number of ether oxygens (including phenoxy) is 1. The van der Waals surface area contributed by atoms with Gasteiger partial charge in [0.05, 0.1) is 18.4 Å². The molecule has 0 aliphatic heterocycles. The van der Waals surface area contributed by atoms with E-state index in [9.17, 15) is 4.79 Å². The Balaban J connectivity index is 1.58. The van der Waals surface area contributed by atoms with Crippen LogP contribution in [0.5, 0.6) is 5.75 Å². The summed E-state index contributed by atoms with van der Waals surface area (Å²) in [5.41, 5.74) is 1.61. The molecule has 0 unspecified atom stereocenters. The minimum absolute atomic E-state index is 0.0959. The first kappa shape index (κ1) is 17.7. The molecule has 4 aromatic rings. The highest BCUT2D eigenvalue weighted by atomic mass is 32.2. The van der Waals surface area contributed by atoms with Gasteiger partial charge in [-0.1, -0.05) is 11.8 Å². The zero-order valence-electron chi connectivity index (χ0n) is 14.8. The molecular formula is C18H17N5O2S2. The first-order valence-corrected chi connectivity index (χ1v) is 10.2. The monoisotopic (exact) mass is 399 g/mol. The van der Waals surface area contributed by atoms with Crippen molar-refractivity contribution in [3.8, 4) is 17.1 Å². The second-order valence-electron chi connectivity index (χ2n) is 5.72. The number of aromatic amines is 1. The zero-order chi connectivity index (χ0) is 18.8. The van der Waals surface area contributed by atoms with Gasteiger partial charge in [0.1, 0.15) is 16.3 Å². The third-order valence-electron chi connectivity index (χ3n) is 4.08. The first-order valence-electron chi connectivity index (χ1n) is 8.36. The van der Waals surface area contributed by atoms with Crippen molar-refractivity contribution in [2.75, 3.05) is 7.11 Å². The maximum atomic E-state index is 12.1. The molecule has 0 radical (unpaired) electrons. The van der Waals surface area contributed by atoms with Crippen LogP contribution in [-0.4, -0.2) is 31.8 Å². The summed E-state index contributed by atoms with van der Waals surface area (Å²) < 4.78 is 7.91. The quantitative estimate of drug-likeness (QED) is 0.499. The number of rotatable bonds is 6. The Morgan fingerprint density at radius 2 is 2.04 bits per heavy atom. The molecule has 27 heavy (non-hydrogen) atoms. The number of benzene rings is 1. The van der Waals surface area contributed by atoms with Crippen LogP contribution < -0.4 is 10.3 Å². The lowest BCUT2D eigenvalue weighted by Gasteiger charge is -2.08. The maximum absolute atomic E-state index is 12.1. The van der Waals surface area contributed by atoms with Crippen molar-refractivity contribution in [1.29, 1.82) is 0 Å². The van der Waals surface area contributed by atoms with Gasteiger partial charge in [0.2, 0.25) is 0 Å². The average Bonchev–Trinajstić information content (AvgIpc) is 3.33. The molecule has 0 aliphatic rings. The third kappa shape index (κ3) is 3.47. The Kier molecular flexibility index (Phi) is 4.95. The van der Waals surface area contributed by atoms with Gasteiger partial charge in [0.15, 0.2) is 11.0 Å². The van der Waals surface area contributed by atoms with E-state index in [1.165, 1.54) is 23.1 Å². The second kappa shape index (κ2) is 7.53. The topological polar surface area (TPSA) is 85.7 Å². The molecule has 0 fully saturated rings. The predicted molar refractivity (Wildman–Crippen MR) is 107 cm³/mol. The van der Waals surface area contributed by atoms with Gasteiger partial charge < -0.3 is 14.3 Å². The molecule has 0 amide bonds. The number of fused-ring (bicyclic) bond motifs is 1. The van der Waals surface area contributed by atoms with Crippen molar-refractivity contribution in [3.05, 3.63) is 51.9 Å². The van der Waals surface area contributed by atoms with Crippen LogP contribution in [-0.2, 0) is 12.3 Å². The Hall–Kier alpha value is -2.65. The van der Waals surface area contributed by atoms with Gasteiger partial charge in [-0.05, 0) is 42.6 Å². The van der Waals surface area contributed by atoms with E-state index >= 15 is 0 Å². The van der Waals surface area contributed by atoms with Crippen LogP contribution in [0.2, 0.25) is 0 Å². The van der Waals surface area contributed by atoms with Crippen LogP contribution in [0.4, 0.5) is 0 Å². The molecule has 0 saturated heterocycles. The minimum Gasteiger partial charge on any atom is -0.497 e. The van der Waals surface area contributed by atoms with E-state index in [0.717, 1.165) is 34.4 Å². The van der Waals surface area contributed by atoms with Crippen LogP contribution in [0.15, 0.2) is 45.7 Å². The molecule has 0 bridgehead atoms. The number of aromatic nitrogens is 5. The van der Waals surface area contributed by atoms with Gasteiger partial charge in [-0.3, -0.25) is 4.79 Å². The number of H-pyrrole nitrogens is 1. The molecule has 0 aliphatic carbocycles. The zero-order valence-corrected chi connectivity index (χ0v) is 16.4. The van der Waals surface area contributed by atoms with E-state index in [4.69, 9.17) is 4.74 Å². The Bertz CT molecular complexity index is 1130. The van der Waals surface area contributed by atoms with Crippen molar-refractivity contribution in [2.24, 2.45) is 0 Å². The molecule has 4 rings (SSSR count). The lowest BCUT2D eigenvalue weighted by Crippen LogP contribution is -2.09. The van der Waals surface area contributed by atoms with Gasteiger partial charge in [-0.15, -0.1) is 21.5 Å². The van der Waals surface area contributed by atoms with Gasteiger partial charge in [0, 0.05) is 12.1 Å². The van der Waals surface area contributed by atoms with Gasteiger partial charge in [-0.25, -0.2) is 4.98 Å². The molecule has 3 aromatic heterocycles. The molecule has 3 heterocycles. The maximum Gasteiger partial charge on any atom is 0.268 e. The molecule has 0 atom stereocenters. The summed E-state index contributed by atoms with van der Waals surface area (Å²) >= 11 is 2.90. The van der Waals surface area contributed by atoms with Crippen molar-refractivity contribution in [2.45, 2.75) is 24.4 Å². The Labute approximate surface area is 163 Å². The fourth-order valence-electron chi connectivity index (χ4n) is 2.76. The molecule has 138 valence electrons. The van der Waals surface area contributed by atoms with Crippen molar-refractivity contribution in [1.82, 2.24) is 24.7 Å². The highest BCUT2D eigenvalue weighted by Crippen LogP contribution is 2.27. The lowest BCUT2D eigenvalue weighted by molar-refractivity contribution is 0.415. The fourth-order valence-corrected chi connectivity index (χ4v) is 4.36. The molecule has 0 saturated carbocycles. The first-order chi connectivity index (χ1) is 13.2. The van der Waals surface area contributed by atoms with Gasteiger partial charge in [0.25, 0.3) is 5.56 Å². The number of methoxy groups -OCH3 is 1. The largest absolute Gasteiger partial charge is 0.497 e. The Morgan fingerprint density at radius 3 is 2.78 bits per heavy atom. The normalized spacial score (nSPS) is 11.2. The number of thiophene rings is 1. The molecule has 1 aromatic carbocycles. The van der Waals surface area contributed by atoms with Crippen LogP contribution >= 0.6 is 23.1 Å². The number of nitrogens with zero attached hydrogens (tertiary/aromatic N) is 4. The highest BCUT2D eigenvalue weighted by Gasteiger charge is 2.14. The molecule has 1 N–H and O–H groups in total. The standard InChI is InChI=1S/C18H17N5O2S2/c1-3-23-16(11-4-6-12(25-2)7-5-11)21-22-18(23)27-10-14-19-13-8-9-26-15(13)17(24)20-14/h4-9H,3,10H2,1-2H3,(H,19,20,24). The summed E-state index contributed by atoms with van der Waals surface area (Å²) in [6.07, 6.45) is 0. The van der Waals surface area contributed by atoms with Crippen LogP contribution in [0.1, 0.15) is 12.7 Å². The molecule has 0 spiro atoms. The average molecular weight is 400 g/mol. The molecule has 7 nitrogen and oxygen atoms in total. The van der Waals surface area contributed by atoms with Gasteiger partial charge >= 0.3 is 0 Å². The number of thioether (sulfide) groups is 1. The number of hydrogen-bond acceptors (Lipinski definition) is 7. The third-order valence-corrected chi connectivity index (χ3v) is 5.96. The fraction of sp³-hybridized carbons (Fsp3) is 0.222. The van der Waals surface area contributed by atoms with Crippen molar-refractivity contribution < 1.29 is 4.74 Å². The minimum atomic E-state index is -0.0959. The van der Waals surface area contributed by atoms with Crippen molar-refractivity contribution in [3.63, 3.8) is 0 Å². The summed E-state index contributed by atoms with van der Waals surface area (Å²) in [4.78, 5) is 19.5.